The smallest absolute Gasteiger partial charge is 0.303 e. The van der Waals surface area contributed by atoms with E-state index in [0.29, 0.717) is 6.42 Å². The second-order valence-corrected chi connectivity index (χ2v) is 5.85. The van der Waals surface area contributed by atoms with E-state index in [9.17, 15) is 4.79 Å². The molecule has 4 heteroatoms. The van der Waals surface area contributed by atoms with Gasteiger partial charge in [-0.05, 0) is 48.0 Å². The number of nitrogens with one attached hydrogen (secondary N) is 1. The van der Waals surface area contributed by atoms with Crippen LogP contribution in [0.3, 0.4) is 0 Å². The first kappa shape index (κ1) is 13.3. The fraction of sp³-hybridized carbons (Fsp3) is 0.500. The number of aryl methyl sites for hydroxylation is 1. The molecule has 0 bridgehead atoms. The number of hydrogen-bond acceptors (Lipinski definition) is 3. The van der Waals surface area contributed by atoms with Gasteiger partial charge in [-0.2, -0.15) is 11.8 Å². The SMILES string of the molecule is O=C(O)CCc1cccc(NCC2CCSC2)c1. The van der Waals surface area contributed by atoms with Gasteiger partial charge in [0.25, 0.3) is 0 Å². The molecule has 0 spiro atoms. The fourth-order valence-corrected chi connectivity index (χ4v) is 3.38. The zero-order valence-electron chi connectivity index (χ0n) is 10.4. The highest BCUT2D eigenvalue weighted by molar-refractivity contribution is 7.99. The molecule has 2 rings (SSSR count). The predicted molar refractivity (Wildman–Crippen MR) is 76.3 cm³/mol. The number of thioether (sulfide) groups is 1. The third-order valence-electron chi connectivity index (χ3n) is 3.17. The summed E-state index contributed by atoms with van der Waals surface area (Å²) < 4.78 is 0. The van der Waals surface area contributed by atoms with E-state index in [-0.39, 0.29) is 6.42 Å². The summed E-state index contributed by atoms with van der Waals surface area (Å²) in [5.74, 6) is 2.57. The summed E-state index contributed by atoms with van der Waals surface area (Å²) in [4.78, 5) is 10.5. The maximum Gasteiger partial charge on any atom is 0.303 e. The normalized spacial score (nSPS) is 18.8. The molecule has 0 aromatic heterocycles. The monoisotopic (exact) mass is 265 g/mol. The van der Waals surface area contributed by atoms with Gasteiger partial charge >= 0.3 is 5.97 Å². The minimum Gasteiger partial charge on any atom is -0.481 e. The molecule has 1 saturated heterocycles. The molecular weight excluding hydrogens is 246 g/mol. The van der Waals surface area contributed by atoms with Gasteiger partial charge in [-0.15, -0.1) is 0 Å². The lowest BCUT2D eigenvalue weighted by atomic mass is 10.1. The Morgan fingerprint density at radius 2 is 2.39 bits per heavy atom. The van der Waals surface area contributed by atoms with Crippen LogP contribution in [0.2, 0.25) is 0 Å². The maximum absolute atomic E-state index is 10.5. The number of benzene rings is 1. The van der Waals surface area contributed by atoms with Crippen LogP contribution >= 0.6 is 11.8 Å². The molecule has 1 aliphatic rings. The average Bonchev–Trinajstić information content (AvgIpc) is 2.87. The Morgan fingerprint density at radius 3 is 3.11 bits per heavy atom. The van der Waals surface area contributed by atoms with Crippen LogP contribution in [0.1, 0.15) is 18.4 Å². The number of carbonyl (C=O) groups is 1. The molecule has 18 heavy (non-hydrogen) atoms. The lowest BCUT2D eigenvalue weighted by Gasteiger charge is -2.12. The van der Waals surface area contributed by atoms with Crippen molar-refractivity contribution in [1.82, 2.24) is 0 Å². The molecule has 1 aromatic rings. The van der Waals surface area contributed by atoms with E-state index in [4.69, 9.17) is 5.11 Å². The van der Waals surface area contributed by atoms with Crippen LogP contribution in [-0.4, -0.2) is 29.1 Å². The molecule has 1 atom stereocenters. The quantitative estimate of drug-likeness (QED) is 0.830. The number of aliphatic carboxylic acids is 1. The van der Waals surface area contributed by atoms with Crippen LogP contribution in [0, 0.1) is 5.92 Å². The summed E-state index contributed by atoms with van der Waals surface area (Å²) >= 11 is 2.03. The summed E-state index contributed by atoms with van der Waals surface area (Å²) in [7, 11) is 0. The molecule has 1 aromatic carbocycles. The minimum atomic E-state index is -0.739. The van der Waals surface area contributed by atoms with Gasteiger partial charge in [0.05, 0.1) is 0 Å². The standard InChI is InChI=1S/C14H19NO2S/c16-14(17)5-4-11-2-1-3-13(8-11)15-9-12-6-7-18-10-12/h1-3,8,12,15H,4-7,9-10H2,(H,16,17). The second-order valence-electron chi connectivity index (χ2n) is 4.70. The molecule has 0 saturated carbocycles. The highest BCUT2D eigenvalue weighted by Crippen LogP contribution is 2.23. The summed E-state index contributed by atoms with van der Waals surface area (Å²) in [6, 6.07) is 8.08. The van der Waals surface area contributed by atoms with Crippen molar-refractivity contribution in [2.24, 2.45) is 5.92 Å². The van der Waals surface area contributed by atoms with Crippen molar-refractivity contribution >= 4 is 23.4 Å². The Hall–Kier alpha value is -1.16. The molecule has 1 heterocycles. The Labute approximate surface area is 112 Å². The first-order valence-corrected chi connectivity index (χ1v) is 7.52. The first-order valence-electron chi connectivity index (χ1n) is 6.36. The van der Waals surface area contributed by atoms with Gasteiger partial charge in [0.2, 0.25) is 0 Å². The highest BCUT2D eigenvalue weighted by Gasteiger charge is 2.14. The van der Waals surface area contributed by atoms with Crippen molar-refractivity contribution in [2.75, 3.05) is 23.4 Å². The van der Waals surface area contributed by atoms with Gasteiger partial charge in [0.1, 0.15) is 0 Å². The third kappa shape index (κ3) is 4.26. The van der Waals surface area contributed by atoms with Crippen molar-refractivity contribution in [2.45, 2.75) is 19.3 Å². The third-order valence-corrected chi connectivity index (χ3v) is 4.40. The molecule has 0 amide bonds. The molecule has 0 radical (unpaired) electrons. The highest BCUT2D eigenvalue weighted by atomic mass is 32.2. The van der Waals surface area contributed by atoms with Crippen molar-refractivity contribution in [3.05, 3.63) is 29.8 Å². The molecule has 1 fully saturated rings. The van der Waals surface area contributed by atoms with Gasteiger partial charge in [-0.1, -0.05) is 12.1 Å². The molecule has 1 unspecified atom stereocenters. The maximum atomic E-state index is 10.5. The number of carboxylic acid groups (broad SMARTS) is 1. The Morgan fingerprint density at radius 1 is 1.50 bits per heavy atom. The van der Waals surface area contributed by atoms with Crippen LogP contribution in [0.25, 0.3) is 0 Å². The zero-order chi connectivity index (χ0) is 12.8. The lowest BCUT2D eigenvalue weighted by molar-refractivity contribution is -0.136. The summed E-state index contributed by atoms with van der Waals surface area (Å²) in [6.07, 6.45) is 2.10. The van der Waals surface area contributed by atoms with Crippen LogP contribution in [0.4, 0.5) is 5.69 Å². The Balaban J connectivity index is 1.84. The molecule has 2 N–H and O–H groups in total. The summed E-state index contributed by atoms with van der Waals surface area (Å²) in [5, 5.41) is 12.1. The first-order chi connectivity index (χ1) is 8.74. The topological polar surface area (TPSA) is 49.3 Å². The zero-order valence-corrected chi connectivity index (χ0v) is 11.2. The van der Waals surface area contributed by atoms with Crippen molar-refractivity contribution in [3.63, 3.8) is 0 Å². The summed E-state index contributed by atoms with van der Waals surface area (Å²) in [6.45, 7) is 1.02. The molecule has 1 aliphatic heterocycles. The van der Waals surface area contributed by atoms with Gasteiger partial charge in [0, 0.05) is 18.7 Å². The van der Waals surface area contributed by atoms with E-state index in [0.717, 1.165) is 23.7 Å². The number of rotatable bonds is 6. The Bertz CT molecular complexity index is 403. The van der Waals surface area contributed by atoms with Crippen LogP contribution in [0.5, 0.6) is 0 Å². The van der Waals surface area contributed by atoms with E-state index in [1.807, 2.05) is 30.0 Å². The Kier molecular flexibility index (Phi) is 4.93. The number of hydrogen-bond donors (Lipinski definition) is 2. The van der Waals surface area contributed by atoms with E-state index in [1.54, 1.807) is 0 Å². The van der Waals surface area contributed by atoms with E-state index >= 15 is 0 Å². The van der Waals surface area contributed by atoms with Crippen LogP contribution in [0.15, 0.2) is 24.3 Å². The number of anilines is 1. The lowest BCUT2D eigenvalue weighted by Crippen LogP contribution is -2.13. The van der Waals surface area contributed by atoms with Gasteiger partial charge in [-0.25, -0.2) is 0 Å². The minimum absolute atomic E-state index is 0.197. The van der Waals surface area contributed by atoms with Gasteiger partial charge in [0.15, 0.2) is 0 Å². The van der Waals surface area contributed by atoms with E-state index in [2.05, 4.69) is 11.4 Å². The van der Waals surface area contributed by atoms with Gasteiger partial charge in [-0.3, -0.25) is 4.79 Å². The van der Waals surface area contributed by atoms with E-state index < -0.39 is 5.97 Å². The molecule has 3 nitrogen and oxygen atoms in total. The fourth-order valence-electron chi connectivity index (χ4n) is 2.09. The van der Waals surface area contributed by atoms with Crippen molar-refractivity contribution in [3.8, 4) is 0 Å². The molecule has 98 valence electrons. The summed E-state index contributed by atoms with van der Waals surface area (Å²) in [5.41, 5.74) is 2.19. The second kappa shape index (κ2) is 6.69. The number of carboxylic acids is 1. The predicted octanol–water partition coefficient (Wildman–Crippen LogP) is 2.87. The van der Waals surface area contributed by atoms with Gasteiger partial charge < -0.3 is 10.4 Å². The van der Waals surface area contributed by atoms with Crippen molar-refractivity contribution < 1.29 is 9.90 Å². The average molecular weight is 265 g/mol. The van der Waals surface area contributed by atoms with E-state index in [1.165, 1.54) is 17.9 Å². The molecular formula is C14H19NO2S. The largest absolute Gasteiger partial charge is 0.481 e. The van der Waals surface area contributed by atoms with Crippen LogP contribution < -0.4 is 5.32 Å². The molecule has 0 aliphatic carbocycles. The van der Waals surface area contributed by atoms with Crippen molar-refractivity contribution in [1.29, 1.82) is 0 Å². The van der Waals surface area contributed by atoms with Crippen LogP contribution in [-0.2, 0) is 11.2 Å².